The molecule has 0 aliphatic carbocycles. The quantitative estimate of drug-likeness (QED) is 0.533. The van der Waals surface area contributed by atoms with Crippen molar-refractivity contribution in [3.63, 3.8) is 0 Å². The fourth-order valence-corrected chi connectivity index (χ4v) is 5.19. The molecule has 0 saturated carbocycles. The monoisotopic (exact) mass is 451 g/mol. The largest absolute Gasteiger partial charge is 0.462 e. The van der Waals surface area contributed by atoms with Crippen molar-refractivity contribution in [3.8, 4) is 0 Å². The van der Waals surface area contributed by atoms with E-state index in [1.165, 1.54) is 35.6 Å². The molecule has 0 atom stereocenters. The molecule has 3 rings (SSSR count). The molecule has 1 amide bonds. The summed E-state index contributed by atoms with van der Waals surface area (Å²) in [5, 5.41) is 4.12. The molecule has 0 bridgehead atoms. The van der Waals surface area contributed by atoms with Crippen LogP contribution < -0.4 is 5.32 Å². The molecular weight excluding hydrogens is 434 g/mol. The average molecular weight is 452 g/mol. The molecule has 9 heteroatoms. The smallest absolute Gasteiger partial charge is 0.341 e. The Morgan fingerprint density at radius 1 is 1.10 bits per heavy atom. The predicted octanol–water partition coefficient (Wildman–Crippen LogP) is 4.53. The summed E-state index contributed by atoms with van der Waals surface area (Å²) in [5.41, 5.74) is 0.279. The molecule has 0 fully saturated rings. The van der Waals surface area contributed by atoms with Gasteiger partial charge in [0.2, 0.25) is 5.91 Å². The normalized spacial score (nSPS) is 11.4. The minimum atomic E-state index is -3.63. The molecule has 3 aromatic rings. The van der Waals surface area contributed by atoms with Crippen molar-refractivity contribution in [3.05, 3.63) is 59.1 Å². The highest BCUT2D eigenvalue weighted by molar-refractivity contribution is 7.91. The zero-order valence-corrected chi connectivity index (χ0v) is 17.9. The van der Waals surface area contributed by atoms with Crippen LogP contribution in [0, 0.1) is 0 Å². The molecule has 0 radical (unpaired) electrons. The van der Waals surface area contributed by atoms with Gasteiger partial charge in [-0.1, -0.05) is 29.8 Å². The van der Waals surface area contributed by atoms with Crippen LogP contribution in [0.2, 0.25) is 5.02 Å². The Morgan fingerprint density at radius 3 is 2.48 bits per heavy atom. The molecule has 152 valence electrons. The van der Waals surface area contributed by atoms with Crippen molar-refractivity contribution >= 4 is 59.7 Å². The molecule has 6 nitrogen and oxygen atoms in total. The van der Waals surface area contributed by atoms with E-state index >= 15 is 0 Å². The van der Waals surface area contributed by atoms with Gasteiger partial charge in [0.15, 0.2) is 9.84 Å². The van der Waals surface area contributed by atoms with Crippen LogP contribution in [0.1, 0.15) is 23.7 Å². The third kappa shape index (κ3) is 4.95. The number of rotatable bonds is 7. The van der Waals surface area contributed by atoms with Gasteiger partial charge in [-0.25, -0.2) is 13.2 Å². The Morgan fingerprint density at radius 2 is 1.79 bits per heavy atom. The lowest BCUT2D eigenvalue weighted by Gasteiger charge is -2.07. The number of anilines is 1. The second-order valence-electron chi connectivity index (χ2n) is 6.09. The van der Waals surface area contributed by atoms with Crippen LogP contribution in [0.4, 0.5) is 5.00 Å². The van der Waals surface area contributed by atoms with E-state index in [0.29, 0.717) is 15.4 Å². The summed E-state index contributed by atoms with van der Waals surface area (Å²) in [4.78, 5) is 24.9. The van der Waals surface area contributed by atoms with Crippen molar-refractivity contribution in [1.29, 1.82) is 0 Å². The molecule has 0 unspecified atom stereocenters. The molecule has 1 aromatic heterocycles. The summed E-state index contributed by atoms with van der Waals surface area (Å²) in [7, 11) is -3.63. The first-order valence-electron chi connectivity index (χ1n) is 8.78. The molecular formula is C20H18ClNO5S2. The van der Waals surface area contributed by atoms with Gasteiger partial charge in [0.1, 0.15) is 10.6 Å². The highest BCUT2D eigenvalue weighted by Crippen LogP contribution is 2.36. The first kappa shape index (κ1) is 21.3. The maximum absolute atomic E-state index is 12.4. The summed E-state index contributed by atoms with van der Waals surface area (Å²) in [6.07, 6.45) is -0.249. The van der Waals surface area contributed by atoms with E-state index in [-0.39, 0.29) is 29.2 Å². The summed E-state index contributed by atoms with van der Waals surface area (Å²) < 4.78 is 30.7. The number of carbonyl (C=O) groups is 2. The number of amides is 1. The van der Waals surface area contributed by atoms with Gasteiger partial charge in [-0.15, -0.1) is 11.3 Å². The fraction of sp³-hybridized carbons (Fsp3) is 0.200. The third-order valence-corrected chi connectivity index (χ3v) is 7.17. The van der Waals surface area contributed by atoms with E-state index in [2.05, 4.69) is 5.32 Å². The Hall–Kier alpha value is -2.42. The van der Waals surface area contributed by atoms with E-state index < -0.39 is 21.7 Å². The van der Waals surface area contributed by atoms with Gasteiger partial charge in [0.25, 0.3) is 0 Å². The summed E-state index contributed by atoms with van der Waals surface area (Å²) in [6, 6.07) is 13.0. The Kier molecular flexibility index (Phi) is 6.56. The van der Waals surface area contributed by atoms with Crippen LogP contribution in [0.15, 0.2) is 53.4 Å². The first-order chi connectivity index (χ1) is 13.8. The van der Waals surface area contributed by atoms with Gasteiger partial charge in [-0.3, -0.25) is 4.79 Å². The number of esters is 1. The summed E-state index contributed by atoms with van der Waals surface area (Å²) >= 11 is 7.02. The lowest BCUT2D eigenvalue weighted by Crippen LogP contribution is -2.18. The minimum absolute atomic E-state index is 0.101. The van der Waals surface area contributed by atoms with Crippen LogP contribution in [-0.2, 0) is 19.4 Å². The van der Waals surface area contributed by atoms with Crippen molar-refractivity contribution in [2.45, 2.75) is 18.2 Å². The number of fused-ring (bicyclic) bond motifs is 1. The standard InChI is InChI=1S/C20H18ClNO5S2/c1-2-27-20(24)18-15-5-3-4-6-16(15)28-19(18)22-17(23)11-12-29(25,26)14-9-7-13(21)8-10-14/h3-10H,2,11-12H2,1H3,(H,22,23). The number of carbonyl (C=O) groups excluding carboxylic acids is 2. The van der Waals surface area contributed by atoms with E-state index in [9.17, 15) is 18.0 Å². The number of hydrogen-bond acceptors (Lipinski definition) is 6. The number of thiophene rings is 1. The van der Waals surface area contributed by atoms with E-state index in [4.69, 9.17) is 16.3 Å². The Balaban J connectivity index is 1.77. The van der Waals surface area contributed by atoms with E-state index in [1.807, 2.05) is 12.1 Å². The van der Waals surface area contributed by atoms with E-state index in [0.717, 1.165) is 4.70 Å². The molecule has 1 heterocycles. The number of sulfone groups is 1. The second-order valence-corrected chi connectivity index (χ2v) is 9.69. The molecule has 2 aromatic carbocycles. The predicted molar refractivity (Wildman–Crippen MR) is 115 cm³/mol. The van der Waals surface area contributed by atoms with Crippen molar-refractivity contribution in [2.75, 3.05) is 17.7 Å². The second kappa shape index (κ2) is 8.94. The highest BCUT2D eigenvalue weighted by atomic mass is 35.5. The maximum Gasteiger partial charge on any atom is 0.341 e. The molecule has 0 spiro atoms. The minimum Gasteiger partial charge on any atom is -0.462 e. The van der Waals surface area contributed by atoms with Crippen LogP contribution in [0.5, 0.6) is 0 Å². The van der Waals surface area contributed by atoms with Crippen molar-refractivity contribution < 1.29 is 22.7 Å². The highest BCUT2D eigenvalue weighted by Gasteiger charge is 2.22. The van der Waals surface area contributed by atoms with Gasteiger partial charge >= 0.3 is 5.97 Å². The average Bonchev–Trinajstić information content (AvgIpc) is 3.05. The van der Waals surface area contributed by atoms with Gasteiger partial charge in [0.05, 0.1) is 17.3 Å². The number of benzene rings is 2. The lowest BCUT2D eigenvalue weighted by atomic mass is 10.1. The van der Waals surface area contributed by atoms with Gasteiger partial charge in [-0.05, 0) is 37.3 Å². The Bertz CT molecular complexity index is 1150. The number of nitrogens with one attached hydrogen (secondary N) is 1. The fourth-order valence-electron chi connectivity index (χ4n) is 2.72. The molecule has 0 aliphatic rings. The van der Waals surface area contributed by atoms with Crippen LogP contribution in [0.25, 0.3) is 10.1 Å². The van der Waals surface area contributed by atoms with Crippen molar-refractivity contribution in [1.82, 2.24) is 0 Å². The van der Waals surface area contributed by atoms with Gasteiger partial charge in [0, 0.05) is 21.5 Å². The van der Waals surface area contributed by atoms with Gasteiger partial charge in [-0.2, -0.15) is 0 Å². The number of ether oxygens (including phenoxy) is 1. The van der Waals surface area contributed by atoms with Crippen LogP contribution in [0.3, 0.4) is 0 Å². The lowest BCUT2D eigenvalue weighted by molar-refractivity contribution is -0.115. The van der Waals surface area contributed by atoms with Crippen LogP contribution >= 0.6 is 22.9 Å². The van der Waals surface area contributed by atoms with E-state index in [1.54, 1.807) is 19.1 Å². The maximum atomic E-state index is 12.4. The number of hydrogen-bond donors (Lipinski definition) is 1. The third-order valence-electron chi connectivity index (χ3n) is 4.10. The SMILES string of the molecule is CCOC(=O)c1c(NC(=O)CCS(=O)(=O)c2ccc(Cl)cc2)sc2ccccc12. The molecule has 29 heavy (non-hydrogen) atoms. The van der Waals surface area contributed by atoms with Gasteiger partial charge < -0.3 is 10.1 Å². The first-order valence-corrected chi connectivity index (χ1v) is 11.6. The molecule has 0 aliphatic heterocycles. The van der Waals surface area contributed by atoms with Crippen LogP contribution in [-0.4, -0.2) is 32.7 Å². The Labute approximate surface area is 177 Å². The zero-order chi connectivity index (χ0) is 21.0. The summed E-state index contributed by atoms with van der Waals surface area (Å²) in [5.74, 6) is -1.39. The van der Waals surface area contributed by atoms with Crippen molar-refractivity contribution in [2.24, 2.45) is 0 Å². The number of halogens is 1. The zero-order valence-electron chi connectivity index (χ0n) is 15.5. The summed E-state index contributed by atoms with van der Waals surface area (Å²) in [6.45, 7) is 1.90. The molecule has 1 N–H and O–H groups in total. The molecule has 0 saturated heterocycles. The topological polar surface area (TPSA) is 89.5 Å².